The van der Waals surface area contributed by atoms with Crippen LogP contribution in [0.2, 0.25) is 0 Å². The maximum absolute atomic E-state index is 4.50. The number of hydrogen-bond acceptors (Lipinski definition) is 7. The highest BCUT2D eigenvalue weighted by Gasteiger charge is 2.16. The second kappa shape index (κ2) is 5.81. The summed E-state index contributed by atoms with van der Waals surface area (Å²) in [5.41, 5.74) is 0. The highest BCUT2D eigenvalue weighted by atomic mass is 15.4. The number of nitrogens with one attached hydrogen (secondary N) is 2. The van der Waals surface area contributed by atoms with Gasteiger partial charge < -0.3 is 20.4 Å². The minimum atomic E-state index is 0.643. The summed E-state index contributed by atoms with van der Waals surface area (Å²) >= 11 is 0. The minimum Gasteiger partial charge on any atom is -0.354 e. The molecule has 18 heavy (non-hydrogen) atoms. The molecular formula is C11H21N7. The lowest BCUT2D eigenvalue weighted by atomic mass is 10.4. The van der Waals surface area contributed by atoms with Crippen LogP contribution in [0, 0.1) is 0 Å². The van der Waals surface area contributed by atoms with Gasteiger partial charge in [-0.3, -0.25) is 0 Å². The maximum Gasteiger partial charge on any atom is 0.232 e. The molecule has 0 saturated carbocycles. The molecule has 7 nitrogen and oxygen atoms in total. The Hall–Kier alpha value is -1.63. The van der Waals surface area contributed by atoms with Crippen molar-refractivity contribution in [3.63, 3.8) is 0 Å². The zero-order valence-corrected chi connectivity index (χ0v) is 11.3. The van der Waals surface area contributed by atoms with Crippen LogP contribution in [0.25, 0.3) is 0 Å². The van der Waals surface area contributed by atoms with Crippen molar-refractivity contribution in [2.75, 3.05) is 61.9 Å². The smallest absolute Gasteiger partial charge is 0.232 e. The molecule has 7 heteroatoms. The largest absolute Gasteiger partial charge is 0.354 e. The molecular weight excluding hydrogens is 230 g/mol. The molecule has 0 bridgehead atoms. The van der Waals surface area contributed by atoms with Gasteiger partial charge >= 0.3 is 0 Å². The molecule has 0 spiro atoms. The first-order chi connectivity index (χ1) is 8.70. The summed E-state index contributed by atoms with van der Waals surface area (Å²) in [6.45, 7) is 6.64. The Labute approximate surface area is 108 Å². The molecule has 100 valence electrons. The van der Waals surface area contributed by atoms with Gasteiger partial charge in [-0.05, 0) is 6.92 Å². The zero-order chi connectivity index (χ0) is 13.0. The quantitative estimate of drug-likeness (QED) is 0.766. The van der Waals surface area contributed by atoms with Crippen LogP contribution < -0.4 is 20.4 Å². The number of rotatable bonds is 4. The fraction of sp³-hybridized carbons (Fsp3) is 0.727. The number of aromatic nitrogens is 3. The van der Waals surface area contributed by atoms with Crippen molar-refractivity contribution in [1.29, 1.82) is 0 Å². The molecule has 2 rings (SSSR count). The van der Waals surface area contributed by atoms with Gasteiger partial charge in [-0.25, -0.2) is 0 Å². The van der Waals surface area contributed by atoms with E-state index >= 15 is 0 Å². The summed E-state index contributed by atoms with van der Waals surface area (Å²) in [6.07, 6.45) is 0. The lowest BCUT2D eigenvalue weighted by Gasteiger charge is -2.28. The predicted octanol–water partition coefficient (Wildman–Crippen LogP) is -0.221. The molecule has 1 aliphatic heterocycles. The van der Waals surface area contributed by atoms with E-state index in [0.717, 1.165) is 38.7 Å². The second-order valence-electron chi connectivity index (χ2n) is 4.42. The van der Waals surface area contributed by atoms with Crippen LogP contribution >= 0.6 is 0 Å². The van der Waals surface area contributed by atoms with Gasteiger partial charge in [0.25, 0.3) is 0 Å². The number of anilines is 3. The van der Waals surface area contributed by atoms with E-state index in [9.17, 15) is 0 Å². The Bertz CT molecular complexity index is 387. The predicted molar refractivity (Wildman–Crippen MR) is 73.4 cm³/mol. The monoisotopic (exact) mass is 251 g/mol. The highest BCUT2D eigenvalue weighted by molar-refractivity contribution is 5.44. The van der Waals surface area contributed by atoms with Crippen molar-refractivity contribution >= 4 is 17.8 Å². The van der Waals surface area contributed by atoms with Crippen molar-refractivity contribution in [1.82, 2.24) is 20.3 Å². The fourth-order valence-corrected chi connectivity index (χ4v) is 1.80. The van der Waals surface area contributed by atoms with Gasteiger partial charge in [-0.15, -0.1) is 0 Å². The van der Waals surface area contributed by atoms with Crippen molar-refractivity contribution in [3.8, 4) is 0 Å². The minimum absolute atomic E-state index is 0.643. The topological polar surface area (TPSA) is 69.2 Å². The summed E-state index contributed by atoms with van der Waals surface area (Å²) < 4.78 is 0. The third kappa shape index (κ3) is 2.98. The van der Waals surface area contributed by atoms with E-state index in [1.165, 1.54) is 0 Å². The van der Waals surface area contributed by atoms with Gasteiger partial charge in [-0.1, -0.05) is 0 Å². The molecule has 1 aliphatic rings. The molecule has 0 aromatic carbocycles. The van der Waals surface area contributed by atoms with E-state index in [2.05, 4.69) is 30.5 Å². The van der Waals surface area contributed by atoms with Crippen molar-refractivity contribution < 1.29 is 0 Å². The molecule has 1 fully saturated rings. The number of piperazine rings is 1. The Morgan fingerprint density at radius 3 is 2.56 bits per heavy atom. The molecule has 1 aromatic rings. The van der Waals surface area contributed by atoms with Crippen LogP contribution in [0.15, 0.2) is 0 Å². The Morgan fingerprint density at radius 2 is 1.94 bits per heavy atom. The number of hydrogen-bond donors (Lipinski definition) is 2. The SMILES string of the molecule is CCNc1nc(N(C)C)nc(N2CCNCC2)n1. The standard InChI is InChI=1S/C11H21N7/c1-4-13-9-14-10(17(2)3)16-11(15-9)18-7-5-12-6-8-18/h12H,4-8H2,1-3H3,(H,13,14,15,16). The lowest BCUT2D eigenvalue weighted by molar-refractivity contribution is 0.579. The van der Waals surface area contributed by atoms with Crippen LogP contribution in [0.4, 0.5) is 17.8 Å². The zero-order valence-electron chi connectivity index (χ0n) is 11.3. The molecule has 0 unspecified atom stereocenters. The van der Waals surface area contributed by atoms with Crippen LogP contribution in [0.1, 0.15) is 6.92 Å². The summed E-state index contributed by atoms with van der Waals surface area (Å²) in [4.78, 5) is 17.4. The Balaban J connectivity index is 2.26. The molecule has 0 aliphatic carbocycles. The molecule has 2 heterocycles. The maximum atomic E-state index is 4.50. The summed E-state index contributed by atoms with van der Waals surface area (Å²) in [7, 11) is 3.87. The molecule has 1 saturated heterocycles. The first-order valence-electron chi connectivity index (χ1n) is 6.33. The lowest BCUT2D eigenvalue weighted by Crippen LogP contribution is -2.44. The van der Waals surface area contributed by atoms with Gasteiger partial charge in [0.2, 0.25) is 17.8 Å². The molecule has 1 aromatic heterocycles. The molecule has 0 radical (unpaired) electrons. The van der Waals surface area contributed by atoms with E-state index < -0.39 is 0 Å². The molecule has 2 N–H and O–H groups in total. The first-order valence-corrected chi connectivity index (χ1v) is 6.33. The van der Waals surface area contributed by atoms with E-state index in [1.807, 2.05) is 25.9 Å². The average Bonchev–Trinajstić information content (AvgIpc) is 2.40. The van der Waals surface area contributed by atoms with Gasteiger partial charge in [-0.2, -0.15) is 15.0 Å². The van der Waals surface area contributed by atoms with Crippen LogP contribution in [0.5, 0.6) is 0 Å². The third-order valence-electron chi connectivity index (χ3n) is 2.75. The second-order valence-corrected chi connectivity index (χ2v) is 4.42. The van der Waals surface area contributed by atoms with E-state index in [4.69, 9.17) is 0 Å². The van der Waals surface area contributed by atoms with Crippen molar-refractivity contribution in [2.45, 2.75) is 6.92 Å². The summed E-state index contributed by atoms with van der Waals surface area (Å²) in [5, 5.41) is 6.47. The van der Waals surface area contributed by atoms with Gasteiger partial charge in [0.05, 0.1) is 0 Å². The van der Waals surface area contributed by atoms with Gasteiger partial charge in [0, 0.05) is 46.8 Å². The summed E-state index contributed by atoms with van der Waals surface area (Å²) in [5.74, 6) is 2.09. The summed E-state index contributed by atoms with van der Waals surface area (Å²) in [6, 6.07) is 0. The van der Waals surface area contributed by atoms with Crippen molar-refractivity contribution in [2.24, 2.45) is 0 Å². The van der Waals surface area contributed by atoms with Gasteiger partial charge in [0.15, 0.2) is 0 Å². The third-order valence-corrected chi connectivity index (χ3v) is 2.75. The molecule has 0 atom stereocenters. The van der Waals surface area contributed by atoms with Crippen LogP contribution in [-0.4, -0.2) is 61.8 Å². The van der Waals surface area contributed by atoms with E-state index in [0.29, 0.717) is 11.9 Å². The van der Waals surface area contributed by atoms with Crippen LogP contribution in [0.3, 0.4) is 0 Å². The molecule has 0 amide bonds. The van der Waals surface area contributed by atoms with E-state index in [-0.39, 0.29) is 0 Å². The average molecular weight is 251 g/mol. The normalized spacial score (nSPS) is 15.6. The first kappa shape index (κ1) is 12.8. The Kier molecular flexibility index (Phi) is 4.14. The number of nitrogens with zero attached hydrogens (tertiary/aromatic N) is 5. The van der Waals surface area contributed by atoms with Gasteiger partial charge in [0.1, 0.15) is 0 Å². The Morgan fingerprint density at radius 1 is 1.22 bits per heavy atom. The fourth-order valence-electron chi connectivity index (χ4n) is 1.80. The van der Waals surface area contributed by atoms with Crippen LogP contribution in [-0.2, 0) is 0 Å². The van der Waals surface area contributed by atoms with E-state index in [1.54, 1.807) is 0 Å². The highest BCUT2D eigenvalue weighted by Crippen LogP contribution is 2.15. The van der Waals surface area contributed by atoms with Crippen molar-refractivity contribution in [3.05, 3.63) is 0 Å².